The van der Waals surface area contributed by atoms with E-state index in [1.54, 1.807) is 37.3 Å². The van der Waals surface area contributed by atoms with Gasteiger partial charge in [-0.25, -0.2) is 10.2 Å². The van der Waals surface area contributed by atoms with Crippen LogP contribution in [0, 0.1) is 0 Å². The van der Waals surface area contributed by atoms with Gasteiger partial charge in [-0.1, -0.05) is 30.3 Å². The molecular weight excluding hydrogens is 370 g/mol. The number of aromatic nitrogens is 5. The number of imidazole rings is 1. The highest BCUT2D eigenvalue weighted by Crippen LogP contribution is 2.13. The molecule has 29 heavy (non-hydrogen) atoms. The number of aryl methyl sites for hydroxylation is 2. The SMILES string of the molecule is Cn1c(NN=Cc2ccncc2)nc2c1c(=O)n(Cc1ccccc1)c(=O)n2C. The molecule has 0 aliphatic carbocycles. The molecule has 0 aliphatic rings. The number of pyridine rings is 1. The van der Waals surface area contributed by atoms with Crippen molar-refractivity contribution in [1.82, 2.24) is 23.7 Å². The highest BCUT2D eigenvalue weighted by Gasteiger charge is 2.18. The normalized spacial score (nSPS) is 11.4. The lowest BCUT2D eigenvalue weighted by molar-refractivity contribution is 0.655. The molecule has 146 valence electrons. The Hall–Kier alpha value is -4.01. The zero-order valence-corrected chi connectivity index (χ0v) is 16.0. The molecular formula is C20H19N7O2. The van der Waals surface area contributed by atoms with E-state index in [9.17, 15) is 9.59 Å². The monoisotopic (exact) mass is 389 g/mol. The summed E-state index contributed by atoms with van der Waals surface area (Å²) in [7, 11) is 3.31. The van der Waals surface area contributed by atoms with E-state index < -0.39 is 11.2 Å². The molecule has 0 bridgehead atoms. The topological polar surface area (TPSA) is 99.1 Å². The van der Waals surface area contributed by atoms with Crippen molar-refractivity contribution in [2.45, 2.75) is 6.54 Å². The first kappa shape index (κ1) is 18.4. The molecule has 9 nitrogen and oxygen atoms in total. The maximum absolute atomic E-state index is 13.1. The summed E-state index contributed by atoms with van der Waals surface area (Å²) >= 11 is 0. The van der Waals surface area contributed by atoms with Gasteiger partial charge in [0.05, 0.1) is 12.8 Å². The van der Waals surface area contributed by atoms with Gasteiger partial charge in [-0.05, 0) is 23.3 Å². The predicted molar refractivity (Wildman–Crippen MR) is 111 cm³/mol. The Labute approximate surface area is 165 Å². The van der Waals surface area contributed by atoms with E-state index in [1.807, 2.05) is 42.5 Å². The zero-order chi connectivity index (χ0) is 20.4. The third-order valence-electron chi connectivity index (χ3n) is 4.63. The fourth-order valence-electron chi connectivity index (χ4n) is 3.06. The number of rotatable bonds is 5. The fourth-order valence-corrected chi connectivity index (χ4v) is 3.06. The number of hydrogen-bond acceptors (Lipinski definition) is 6. The lowest BCUT2D eigenvalue weighted by atomic mass is 10.2. The van der Waals surface area contributed by atoms with Crippen molar-refractivity contribution in [2.75, 3.05) is 5.43 Å². The quantitative estimate of drug-likeness (QED) is 0.410. The number of fused-ring (bicyclic) bond motifs is 1. The molecule has 0 saturated heterocycles. The maximum atomic E-state index is 13.1. The maximum Gasteiger partial charge on any atom is 0.332 e. The molecule has 1 N–H and O–H groups in total. The first-order chi connectivity index (χ1) is 14.1. The number of hydrazone groups is 1. The summed E-state index contributed by atoms with van der Waals surface area (Å²) in [6.07, 6.45) is 4.95. The van der Waals surface area contributed by atoms with E-state index in [4.69, 9.17) is 0 Å². The average molecular weight is 389 g/mol. The molecule has 0 atom stereocenters. The molecule has 0 saturated carbocycles. The number of anilines is 1. The Kier molecular flexibility index (Phi) is 4.78. The van der Waals surface area contributed by atoms with Crippen molar-refractivity contribution in [3.8, 4) is 0 Å². The van der Waals surface area contributed by atoms with Crippen molar-refractivity contribution >= 4 is 23.3 Å². The van der Waals surface area contributed by atoms with Crippen LogP contribution < -0.4 is 16.7 Å². The minimum absolute atomic E-state index is 0.191. The van der Waals surface area contributed by atoms with Crippen molar-refractivity contribution in [3.05, 3.63) is 86.8 Å². The Bertz CT molecular complexity index is 1300. The highest BCUT2D eigenvalue weighted by atomic mass is 16.2. The van der Waals surface area contributed by atoms with Gasteiger partial charge in [0.1, 0.15) is 0 Å². The van der Waals surface area contributed by atoms with Gasteiger partial charge >= 0.3 is 5.69 Å². The van der Waals surface area contributed by atoms with E-state index >= 15 is 0 Å². The van der Waals surface area contributed by atoms with Crippen LogP contribution in [0.2, 0.25) is 0 Å². The predicted octanol–water partition coefficient (Wildman–Crippen LogP) is 1.32. The summed E-state index contributed by atoms with van der Waals surface area (Å²) in [6, 6.07) is 13.0. The summed E-state index contributed by atoms with van der Waals surface area (Å²) in [5.74, 6) is 0.356. The molecule has 9 heteroatoms. The molecule has 4 rings (SSSR count). The summed E-state index contributed by atoms with van der Waals surface area (Å²) in [6.45, 7) is 0.191. The molecule has 3 heterocycles. The minimum atomic E-state index is -0.420. The van der Waals surface area contributed by atoms with Crippen molar-refractivity contribution in [3.63, 3.8) is 0 Å². The summed E-state index contributed by atoms with van der Waals surface area (Å²) in [5, 5.41) is 4.16. The van der Waals surface area contributed by atoms with Crippen molar-refractivity contribution in [1.29, 1.82) is 0 Å². The Morgan fingerprint density at radius 3 is 2.48 bits per heavy atom. The van der Waals surface area contributed by atoms with Gasteiger partial charge in [0.15, 0.2) is 11.2 Å². The second kappa shape index (κ2) is 7.55. The van der Waals surface area contributed by atoms with Crippen LogP contribution in [0.25, 0.3) is 11.2 Å². The third-order valence-corrected chi connectivity index (χ3v) is 4.63. The standard InChI is InChI=1S/C20H19N7O2/c1-25-16-17(23-19(25)24-22-12-14-8-10-21-11-9-14)26(2)20(29)27(18(16)28)13-15-6-4-3-5-7-15/h3-12H,13H2,1-2H3,(H,23,24). The van der Waals surface area contributed by atoms with Gasteiger partial charge in [0, 0.05) is 26.5 Å². The van der Waals surface area contributed by atoms with Crippen molar-refractivity contribution < 1.29 is 0 Å². The van der Waals surface area contributed by atoms with Gasteiger partial charge in [-0.15, -0.1) is 0 Å². The number of nitrogens with zero attached hydrogens (tertiary/aromatic N) is 6. The van der Waals surface area contributed by atoms with Gasteiger partial charge in [0.25, 0.3) is 5.56 Å². The first-order valence-corrected chi connectivity index (χ1v) is 8.95. The number of hydrogen-bond donors (Lipinski definition) is 1. The van der Waals surface area contributed by atoms with Gasteiger partial charge in [-0.2, -0.15) is 10.1 Å². The van der Waals surface area contributed by atoms with E-state index in [0.717, 1.165) is 11.1 Å². The van der Waals surface area contributed by atoms with E-state index in [2.05, 4.69) is 20.5 Å². The smallest absolute Gasteiger partial charge is 0.306 e. The lowest BCUT2D eigenvalue weighted by Gasteiger charge is -2.08. The number of benzene rings is 1. The van der Waals surface area contributed by atoms with Crippen LogP contribution in [0.4, 0.5) is 5.95 Å². The van der Waals surface area contributed by atoms with E-state index in [1.165, 1.54) is 9.13 Å². The Morgan fingerprint density at radius 2 is 1.76 bits per heavy atom. The molecule has 0 amide bonds. The third kappa shape index (κ3) is 3.45. The van der Waals surface area contributed by atoms with Gasteiger partial charge in [0.2, 0.25) is 5.95 Å². The summed E-state index contributed by atoms with van der Waals surface area (Å²) < 4.78 is 4.18. The number of nitrogens with one attached hydrogen (secondary N) is 1. The van der Waals surface area contributed by atoms with E-state index in [-0.39, 0.29) is 6.54 Å². The lowest BCUT2D eigenvalue weighted by Crippen LogP contribution is -2.39. The molecule has 0 spiro atoms. The van der Waals surface area contributed by atoms with Gasteiger partial charge < -0.3 is 4.57 Å². The van der Waals surface area contributed by atoms with Crippen LogP contribution in [0.5, 0.6) is 0 Å². The van der Waals surface area contributed by atoms with Gasteiger partial charge in [-0.3, -0.25) is 18.9 Å². The molecule has 0 radical (unpaired) electrons. The molecule has 4 aromatic rings. The van der Waals surface area contributed by atoms with E-state index in [0.29, 0.717) is 17.1 Å². The van der Waals surface area contributed by atoms with Crippen LogP contribution >= 0.6 is 0 Å². The molecule has 3 aromatic heterocycles. The molecule has 1 aromatic carbocycles. The fraction of sp³-hybridized carbons (Fsp3) is 0.150. The molecule has 0 aliphatic heterocycles. The van der Waals surface area contributed by atoms with Crippen LogP contribution in [0.1, 0.15) is 11.1 Å². The zero-order valence-electron chi connectivity index (χ0n) is 16.0. The second-order valence-electron chi connectivity index (χ2n) is 6.54. The second-order valence-corrected chi connectivity index (χ2v) is 6.54. The van der Waals surface area contributed by atoms with Crippen LogP contribution in [0.15, 0.2) is 69.5 Å². The Balaban J connectivity index is 1.74. The van der Waals surface area contributed by atoms with Crippen molar-refractivity contribution in [2.24, 2.45) is 19.2 Å². The Morgan fingerprint density at radius 1 is 1.03 bits per heavy atom. The molecule has 0 unspecified atom stereocenters. The van der Waals surface area contributed by atoms with Crippen LogP contribution in [-0.4, -0.2) is 29.9 Å². The highest BCUT2D eigenvalue weighted by molar-refractivity contribution is 5.80. The van der Waals surface area contributed by atoms with Crippen LogP contribution in [-0.2, 0) is 20.6 Å². The minimum Gasteiger partial charge on any atom is -0.306 e. The first-order valence-electron chi connectivity index (χ1n) is 8.95. The summed E-state index contributed by atoms with van der Waals surface area (Å²) in [4.78, 5) is 34.1. The largest absolute Gasteiger partial charge is 0.332 e. The molecule has 0 fully saturated rings. The summed E-state index contributed by atoms with van der Waals surface area (Å²) in [5.41, 5.74) is 4.37. The average Bonchev–Trinajstić information content (AvgIpc) is 3.08. The van der Waals surface area contributed by atoms with Crippen LogP contribution in [0.3, 0.4) is 0 Å².